The summed E-state index contributed by atoms with van der Waals surface area (Å²) < 4.78 is 16.0. The molecule has 15 heavy (non-hydrogen) atoms. The summed E-state index contributed by atoms with van der Waals surface area (Å²) in [6.07, 6.45) is 0.270. The second kappa shape index (κ2) is 9.09. The van der Waals surface area contributed by atoms with Gasteiger partial charge in [-0.3, -0.25) is 0 Å². The van der Waals surface area contributed by atoms with Crippen LogP contribution in [0.3, 0.4) is 0 Å². The molecule has 0 heterocycles. The zero-order chi connectivity index (χ0) is 11.7. The standard InChI is InChI=1S/C11H25NO3/c1-10(2)15-9-11(12(3)4)8-14-7-6-13-5/h10-11H,6-9H2,1-5H3. The molecule has 0 aromatic rings. The predicted octanol–water partition coefficient (Wildman–Crippen LogP) is 1.00. The molecule has 0 saturated heterocycles. The first-order valence-corrected chi connectivity index (χ1v) is 5.42. The summed E-state index contributed by atoms with van der Waals surface area (Å²) in [5.74, 6) is 0. The van der Waals surface area contributed by atoms with Gasteiger partial charge in [-0.15, -0.1) is 0 Å². The molecule has 0 amide bonds. The average Bonchev–Trinajstić information content (AvgIpc) is 2.15. The molecule has 0 radical (unpaired) electrons. The summed E-state index contributed by atoms with van der Waals surface area (Å²) in [4.78, 5) is 2.12. The van der Waals surface area contributed by atoms with Gasteiger partial charge in [-0.2, -0.15) is 0 Å². The summed E-state index contributed by atoms with van der Waals surface area (Å²) in [7, 11) is 5.75. The van der Waals surface area contributed by atoms with Crippen LogP contribution in [0, 0.1) is 0 Å². The molecule has 0 aromatic heterocycles. The Morgan fingerprint density at radius 1 is 1.07 bits per heavy atom. The maximum absolute atomic E-state index is 5.57. The van der Waals surface area contributed by atoms with Crippen molar-refractivity contribution >= 4 is 0 Å². The van der Waals surface area contributed by atoms with Gasteiger partial charge in [-0.25, -0.2) is 0 Å². The van der Waals surface area contributed by atoms with Crippen molar-refractivity contribution in [2.75, 3.05) is 47.6 Å². The van der Waals surface area contributed by atoms with E-state index in [1.807, 2.05) is 27.9 Å². The molecule has 0 bridgehead atoms. The van der Waals surface area contributed by atoms with Gasteiger partial charge in [-0.1, -0.05) is 0 Å². The Morgan fingerprint density at radius 3 is 2.20 bits per heavy atom. The van der Waals surface area contributed by atoms with Crippen LogP contribution in [0.4, 0.5) is 0 Å². The van der Waals surface area contributed by atoms with E-state index < -0.39 is 0 Å². The number of nitrogens with zero attached hydrogens (tertiary/aromatic N) is 1. The minimum atomic E-state index is 0.270. The molecule has 0 spiro atoms. The summed E-state index contributed by atoms with van der Waals surface area (Å²) in [5, 5.41) is 0. The van der Waals surface area contributed by atoms with Crippen molar-refractivity contribution in [1.82, 2.24) is 4.90 Å². The quantitative estimate of drug-likeness (QED) is 0.541. The van der Waals surface area contributed by atoms with Gasteiger partial charge in [-0.05, 0) is 27.9 Å². The van der Waals surface area contributed by atoms with E-state index in [1.165, 1.54) is 0 Å². The van der Waals surface area contributed by atoms with E-state index in [9.17, 15) is 0 Å². The van der Waals surface area contributed by atoms with E-state index in [4.69, 9.17) is 14.2 Å². The van der Waals surface area contributed by atoms with Crippen LogP contribution < -0.4 is 0 Å². The highest BCUT2D eigenvalue weighted by atomic mass is 16.5. The molecule has 0 aliphatic rings. The highest BCUT2D eigenvalue weighted by Crippen LogP contribution is 1.99. The predicted molar refractivity (Wildman–Crippen MR) is 61.3 cm³/mol. The van der Waals surface area contributed by atoms with Crippen LogP contribution in [0.5, 0.6) is 0 Å². The molecule has 1 unspecified atom stereocenters. The second-order valence-corrected chi connectivity index (χ2v) is 4.07. The third-order valence-corrected chi connectivity index (χ3v) is 2.09. The summed E-state index contributed by atoms with van der Waals surface area (Å²) >= 11 is 0. The average molecular weight is 219 g/mol. The van der Waals surface area contributed by atoms with E-state index in [0.29, 0.717) is 32.5 Å². The van der Waals surface area contributed by atoms with Gasteiger partial charge < -0.3 is 19.1 Å². The smallest absolute Gasteiger partial charge is 0.0701 e. The molecule has 0 aliphatic carbocycles. The Kier molecular flexibility index (Phi) is 9.00. The van der Waals surface area contributed by atoms with E-state index in [2.05, 4.69) is 4.90 Å². The van der Waals surface area contributed by atoms with Crippen molar-refractivity contribution in [3.63, 3.8) is 0 Å². The number of rotatable bonds is 9. The fourth-order valence-electron chi connectivity index (χ4n) is 1.01. The molecule has 92 valence electrons. The van der Waals surface area contributed by atoms with Crippen LogP contribution in [0.2, 0.25) is 0 Å². The molecule has 4 nitrogen and oxygen atoms in total. The van der Waals surface area contributed by atoms with Crippen molar-refractivity contribution in [3.05, 3.63) is 0 Å². The van der Waals surface area contributed by atoms with Crippen LogP contribution >= 0.6 is 0 Å². The number of hydrogen-bond donors (Lipinski definition) is 0. The van der Waals surface area contributed by atoms with Crippen LogP contribution in [0.25, 0.3) is 0 Å². The fraction of sp³-hybridized carbons (Fsp3) is 1.00. The van der Waals surface area contributed by atoms with Crippen molar-refractivity contribution in [1.29, 1.82) is 0 Å². The SMILES string of the molecule is COCCOCC(COC(C)C)N(C)C. The molecule has 0 aliphatic heterocycles. The van der Waals surface area contributed by atoms with Gasteiger partial charge in [0.05, 0.1) is 38.6 Å². The largest absolute Gasteiger partial charge is 0.382 e. The number of ether oxygens (including phenoxy) is 3. The number of methoxy groups -OCH3 is 1. The lowest BCUT2D eigenvalue weighted by atomic mass is 10.3. The van der Waals surface area contributed by atoms with Crippen molar-refractivity contribution in [2.45, 2.75) is 26.0 Å². The maximum atomic E-state index is 5.57. The topological polar surface area (TPSA) is 30.9 Å². The Labute approximate surface area is 93.5 Å². The zero-order valence-corrected chi connectivity index (χ0v) is 10.7. The number of likely N-dealkylation sites (N-methyl/N-ethyl adjacent to an activating group) is 1. The first-order chi connectivity index (χ1) is 7.07. The molecule has 1 atom stereocenters. The van der Waals surface area contributed by atoms with Gasteiger partial charge in [0.2, 0.25) is 0 Å². The first-order valence-electron chi connectivity index (χ1n) is 5.42. The summed E-state index contributed by atoms with van der Waals surface area (Å²) in [5.41, 5.74) is 0. The van der Waals surface area contributed by atoms with Gasteiger partial charge >= 0.3 is 0 Å². The summed E-state index contributed by atoms with van der Waals surface area (Å²) in [6, 6.07) is 0.309. The first kappa shape index (κ1) is 14.8. The molecular formula is C11H25NO3. The number of hydrogen-bond acceptors (Lipinski definition) is 4. The monoisotopic (exact) mass is 219 g/mol. The Morgan fingerprint density at radius 2 is 1.73 bits per heavy atom. The third kappa shape index (κ3) is 8.81. The molecule has 0 aromatic carbocycles. The van der Waals surface area contributed by atoms with E-state index in [-0.39, 0.29) is 6.10 Å². The maximum Gasteiger partial charge on any atom is 0.0701 e. The minimum Gasteiger partial charge on any atom is -0.382 e. The Hall–Kier alpha value is -0.160. The van der Waals surface area contributed by atoms with Crippen LogP contribution in [-0.2, 0) is 14.2 Å². The molecular weight excluding hydrogens is 194 g/mol. The molecule has 0 N–H and O–H groups in total. The lowest BCUT2D eigenvalue weighted by molar-refractivity contribution is -0.00945. The van der Waals surface area contributed by atoms with Gasteiger partial charge in [0.1, 0.15) is 0 Å². The Balaban J connectivity index is 3.64. The highest BCUT2D eigenvalue weighted by Gasteiger charge is 2.12. The molecule has 0 rings (SSSR count). The molecule has 0 saturated carbocycles. The fourth-order valence-corrected chi connectivity index (χ4v) is 1.01. The van der Waals surface area contributed by atoms with Gasteiger partial charge in [0, 0.05) is 7.11 Å². The molecule has 4 heteroatoms. The lowest BCUT2D eigenvalue weighted by Gasteiger charge is -2.24. The van der Waals surface area contributed by atoms with Crippen molar-refractivity contribution in [3.8, 4) is 0 Å². The lowest BCUT2D eigenvalue weighted by Crippen LogP contribution is -2.37. The van der Waals surface area contributed by atoms with Crippen LogP contribution in [-0.4, -0.2) is 64.7 Å². The van der Waals surface area contributed by atoms with Crippen molar-refractivity contribution < 1.29 is 14.2 Å². The van der Waals surface area contributed by atoms with E-state index >= 15 is 0 Å². The van der Waals surface area contributed by atoms with Crippen molar-refractivity contribution in [2.24, 2.45) is 0 Å². The summed E-state index contributed by atoms with van der Waals surface area (Å²) in [6.45, 7) is 6.76. The zero-order valence-electron chi connectivity index (χ0n) is 10.7. The molecule has 0 fully saturated rings. The second-order valence-electron chi connectivity index (χ2n) is 4.07. The van der Waals surface area contributed by atoms with Gasteiger partial charge in [0.15, 0.2) is 0 Å². The Bertz CT molecular complexity index is 140. The van der Waals surface area contributed by atoms with Crippen LogP contribution in [0.1, 0.15) is 13.8 Å². The van der Waals surface area contributed by atoms with Crippen LogP contribution in [0.15, 0.2) is 0 Å². The third-order valence-electron chi connectivity index (χ3n) is 2.09. The van der Waals surface area contributed by atoms with E-state index in [0.717, 1.165) is 0 Å². The van der Waals surface area contributed by atoms with E-state index in [1.54, 1.807) is 7.11 Å². The minimum absolute atomic E-state index is 0.270. The normalized spacial score (nSPS) is 13.8. The highest BCUT2D eigenvalue weighted by molar-refractivity contribution is 4.64. The van der Waals surface area contributed by atoms with Gasteiger partial charge in [0.25, 0.3) is 0 Å².